The molecule has 1 fully saturated rings. The van der Waals surface area contributed by atoms with Crippen LogP contribution in [0.4, 0.5) is 0 Å². The molecule has 0 spiro atoms. The molecule has 2 aromatic rings. The van der Waals surface area contributed by atoms with Crippen molar-refractivity contribution >= 4 is 34.5 Å². The zero-order valence-electron chi connectivity index (χ0n) is 16.3. The predicted molar refractivity (Wildman–Crippen MR) is 109 cm³/mol. The standard InChI is InChI=1S/C20H22N4O4S/c1-27-9-18(28-2)12-3-4-17-15(5-12)16(20(22)26)6-13(23-17)7-19(25)24-11-29-10-14(24)8-21/h3-6,14,18H,7,9-11H2,1-2H3,(H2,22,26)/t14-,18+/m1/s1. The van der Waals surface area contributed by atoms with E-state index in [0.717, 1.165) is 5.56 Å². The van der Waals surface area contributed by atoms with Crippen LogP contribution in [0.1, 0.15) is 27.7 Å². The lowest BCUT2D eigenvalue weighted by Crippen LogP contribution is -2.36. The van der Waals surface area contributed by atoms with E-state index in [9.17, 15) is 14.9 Å². The van der Waals surface area contributed by atoms with E-state index in [-0.39, 0.29) is 18.4 Å². The van der Waals surface area contributed by atoms with Gasteiger partial charge in [0.2, 0.25) is 11.8 Å². The minimum absolute atomic E-state index is 0.00107. The Bertz CT molecular complexity index is 975. The smallest absolute Gasteiger partial charge is 0.249 e. The summed E-state index contributed by atoms with van der Waals surface area (Å²) in [5.41, 5.74) is 7.73. The third kappa shape index (κ3) is 4.50. The fourth-order valence-electron chi connectivity index (χ4n) is 3.30. The highest BCUT2D eigenvalue weighted by molar-refractivity contribution is 7.99. The van der Waals surface area contributed by atoms with Crippen LogP contribution < -0.4 is 5.73 Å². The van der Waals surface area contributed by atoms with Crippen LogP contribution in [0.3, 0.4) is 0 Å². The van der Waals surface area contributed by atoms with Crippen molar-refractivity contribution in [2.75, 3.05) is 32.5 Å². The normalized spacial score (nSPS) is 17.3. The van der Waals surface area contributed by atoms with Gasteiger partial charge in [0.05, 0.1) is 41.7 Å². The van der Waals surface area contributed by atoms with E-state index in [1.165, 1.54) is 4.90 Å². The van der Waals surface area contributed by atoms with Crippen molar-refractivity contribution < 1.29 is 19.1 Å². The molecule has 1 aromatic carbocycles. The van der Waals surface area contributed by atoms with Crippen molar-refractivity contribution in [1.29, 1.82) is 5.26 Å². The number of nitrogens with two attached hydrogens (primary N) is 1. The topological polar surface area (TPSA) is 119 Å². The molecule has 0 saturated carbocycles. The van der Waals surface area contributed by atoms with Gasteiger partial charge in [0, 0.05) is 25.4 Å². The number of ether oxygens (including phenoxy) is 2. The first-order valence-electron chi connectivity index (χ1n) is 9.00. The van der Waals surface area contributed by atoms with Gasteiger partial charge in [0.15, 0.2) is 0 Å². The minimum Gasteiger partial charge on any atom is -0.382 e. The number of rotatable bonds is 7. The molecule has 3 rings (SSSR count). The maximum Gasteiger partial charge on any atom is 0.249 e. The molecule has 1 aromatic heterocycles. The first-order chi connectivity index (χ1) is 14.0. The Balaban J connectivity index is 1.95. The highest BCUT2D eigenvalue weighted by Gasteiger charge is 2.29. The average Bonchev–Trinajstić information content (AvgIpc) is 3.20. The minimum atomic E-state index is -0.601. The fraction of sp³-hybridized carbons (Fsp3) is 0.400. The number of benzene rings is 1. The number of carbonyl (C=O) groups is 2. The summed E-state index contributed by atoms with van der Waals surface area (Å²) in [5, 5.41) is 9.78. The Morgan fingerprint density at radius 1 is 1.41 bits per heavy atom. The number of thioether (sulfide) groups is 1. The summed E-state index contributed by atoms with van der Waals surface area (Å²) in [7, 11) is 3.17. The molecular weight excluding hydrogens is 392 g/mol. The first-order valence-corrected chi connectivity index (χ1v) is 10.2. The van der Waals surface area contributed by atoms with Crippen LogP contribution in [0, 0.1) is 11.3 Å². The number of primary amides is 1. The number of hydrogen-bond donors (Lipinski definition) is 1. The first kappa shape index (κ1) is 21.0. The maximum absolute atomic E-state index is 12.6. The highest BCUT2D eigenvalue weighted by Crippen LogP contribution is 2.26. The molecule has 0 radical (unpaired) electrons. The largest absolute Gasteiger partial charge is 0.382 e. The van der Waals surface area contributed by atoms with Crippen LogP contribution >= 0.6 is 11.8 Å². The molecule has 8 nitrogen and oxygen atoms in total. The van der Waals surface area contributed by atoms with Crippen molar-refractivity contribution in [1.82, 2.24) is 9.88 Å². The average molecular weight is 414 g/mol. The molecule has 1 aliphatic rings. The summed E-state index contributed by atoms with van der Waals surface area (Å²) in [4.78, 5) is 30.8. The van der Waals surface area contributed by atoms with E-state index in [0.29, 0.717) is 40.4 Å². The molecule has 2 N–H and O–H groups in total. The van der Waals surface area contributed by atoms with Gasteiger partial charge in [0.1, 0.15) is 12.1 Å². The Kier molecular flexibility index (Phi) is 6.69. The van der Waals surface area contributed by atoms with Crippen molar-refractivity contribution in [3.63, 3.8) is 0 Å². The fourth-order valence-corrected chi connectivity index (χ4v) is 4.40. The number of aromatic nitrogens is 1. The molecule has 2 amide bonds. The highest BCUT2D eigenvalue weighted by atomic mass is 32.2. The zero-order chi connectivity index (χ0) is 21.0. The molecule has 29 heavy (non-hydrogen) atoms. The third-order valence-electron chi connectivity index (χ3n) is 4.81. The van der Waals surface area contributed by atoms with Gasteiger partial charge in [-0.3, -0.25) is 14.6 Å². The number of fused-ring (bicyclic) bond motifs is 1. The number of carbonyl (C=O) groups excluding carboxylic acids is 2. The Morgan fingerprint density at radius 3 is 2.86 bits per heavy atom. The number of amides is 2. The van der Waals surface area contributed by atoms with Gasteiger partial charge in [0.25, 0.3) is 0 Å². The molecule has 152 valence electrons. The second kappa shape index (κ2) is 9.22. The molecule has 0 unspecified atom stereocenters. The van der Waals surface area contributed by atoms with Gasteiger partial charge in [-0.1, -0.05) is 6.07 Å². The lowest BCUT2D eigenvalue weighted by atomic mass is 10.0. The summed E-state index contributed by atoms with van der Waals surface area (Å²) >= 11 is 1.54. The van der Waals surface area contributed by atoms with Crippen LogP contribution in [0.25, 0.3) is 10.9 Å². The second-order valence-corrected chi connectivity index (χ2v) is 7.67. The summed E-state index contributed by atoms with van der Waals surface area (Å²) in [6.07, 6.45) is -0.289. The number of pyridine rings is 1. The Labute approximate surface area is 173 Å². The summed E-state index contributed by atoms with van der Waals surface area (Å²) in [5.74, 6) is 0.287. The van der Waals surface area contributed by atoms with Crippen LogP contribution in [0.2, 0.25) is 0 Å². The Morgan fingerprint density at radius 2 is 2.21 bits per heavy atom. The van der Waals surface area contributed by atoms with E-state index in [2.05, 4.69) is 11.1 Å². The van der Waals surface area contributed by atoms with Crippen molar-refractivity contribution in [3.8, 4) is 6.07 Å². The summed E-state index contributed by atoms with van der Waals surface area (Å²) in [6.45, 7) is 0.363. The number of nitrogens with zero attached hydrogens (tertiary/aromatic N) is 3. The van der Waals surface area contributed by atoms with Crippen molar-refractivity contribution in [2.45, 2.75) is 18.6 Å². The van der Waals surface area contributed by atoms with Gasteiger partial charge < -0.3 is 20.1 Å². The summed E-state index contributed by atoms with van der Waals surface area (Å²) in [6, 6.07) is 8.69. The van der Waals surface area contributed by atoms with Crippen LogP contribution in [0.5, 0.6) is 0 Å². The van der Waals surface area contributed by atoms with E-state index in [1.54, 1.807) is 38.1 Å². The molecule has 2 heterocycles. The predicted octanol–water partition coefficient (Wildman–Crippen LogP) is 1.64. The molecule has 0 bridgehead atoms. The van der Waals surface area contributed by atoms with Crippen LogP contribution in [-0.4, -0.2) is 60.2 Å². The second-order valence-electron chi connectivity index (χ2n) is 6.67. The summed E-state index contributed by atoms with van der Waals surface area (Å²) < 4.78 is 10.6. The molecule has 0 aliphatic carbocycles. The third-order valence-corrected chi connectivity index (χ3v) is 5.82. The molecule has 1 saturated heterocycles. The van der Waals surface area contributed by atoms with Gasteiger partial charge in [-0.2, -0.15) is 5.26 Å². The van der Waals surface area contributed by atoms with Gasteiger partial charge in [-0.15, -0.1) is 11.8 Å². The quantitative estimate of drug-likeness (QED) is 0.731. The number of methoxy groups -OCH3 is 2. The van der Waals surface area contributed by atoms with Gasteiger partial charge >= 0.3 is 0 Å². The SMILES string of the molecule is COC[C@H](OC)c1ccc2nc(CC(=O)N3CSC[C@H]3C#N)cc(C(N)=O)c2c1. The molecular formula is C20H22N4O4S. The molecule has 1 aliphatic heterocycles. The van der Waals surface area contributed by atoms with Crippen LogP contribution in [0.15, 0.2) is 24.3 Å². The number of nitriles is 1. The van der Waals surface area contributed by atoms with E-state index in [4.69, 9.17) is 15.2 Å². The molecule has 9 heteroatoms. The van der Waals surface area contributed by atoms with Crippen molar-refractivity contribution in [2.24, 2.45) is 5.73 Å². The van der Waals surface area contributed by atoms with Gasteiger partial charge in [-0.25, -0.2) is 0 Å². The Hall–Kier alpha value is -2.67. The monoisotopic (exact) mass is 414 g/mol. The van der Waals surface area contributed by atoms with E-state index in [1.807, 2.05) is 12.1 Å². The number of hydrogen-bond acceptors (Lipinski definition) is 7. The maximum atomic E-state index is 12.6. The lowest BCUT2D eigenvalue weighted by molar-refractivity contribution is -0.130. The van der Waals surface area contributed by atoms with E-state index >= 15 is 0 Å². The zero-order valence-corrected chi connectivity index (χ0v) is 17.1. The van der Waals surface area contributed by atoms with Gasteiger partial charge in [-0.05, 0) is 23.8 Å². The van der Waals surface area contributed by atoms with E-state index < -0.39 is 11.9 Å². The van der Waals surface area contributed by atoms with Crippen molar-refractivity contribution in [3.05, 3.63) is 41.1 Å². The molecule has 2 atom stereocenters. The van der Waals surface area contributed by atoms with Crippen LogP contribution in [-0.2, 0) is 20.7 Å². The lowest BCUT2D eigenvalue weighted by Gasteiger charge is -2.19.